The third-order valence-electron chi connectivity index (χ3n) is 3.85. The molecular formula is C15H19BrS. The quantitative estimate of drug-likeness (QED) is 0.654. The van der Waals surface area contributed by atoms with Crippen LogP contribution in [0.1, 0.15) is 26.3 Å². The Morgan fingerprint density at radius 3 is 2.65 bits per heavy atom. The van der Waals surface area contributed by atoms with E-state index in [9.17, 15) is 0 Å². The second-order valence-electron chi connectivity index (χ2n) is 5.38. The van der Waals surface area contributed by atoms with Gasteiger partial charge in [0.25, 0.3) is 0 Å². The Labute approximate surface area is 116 Å². The molecule has 17 heavy (non-hydrogen) atoms. The van der Waals surface area contributed by atoms with E-state index in [4.69, 9.17) is 0 Å². The maximum atomic E-state index is 3.69. The van der Waals surface area contributed by atoms with E-state index in [-0.39, 0.29) is 0 Å². The molecule has 1 atom stereocenters. The summed E-state index contributed by atoms with van der Waals surface area (Å²) >= 11 is 5.55. The zero-order valence-corrected chi connectivity index (χ0v) is 13.1. The van der Waals surface area contributed by atoms with E-state index in [1.807, 2.05) is 11.3 Å². The Morgan fingerprint density at radius 1 is 1.29 bits per heavy atom. The highest BCUT2D eigenvalue weighted by atomic mass is 79.9. The summed E-state index contributed by atoms with van der Waals surface area (Å²) < 4.78 is 1.41. The molecule has 0 radical (unpaired) electrons. The Balaban J connectivity index is 2.35. The number of hydrogen-bond donors (Lipinski definition) is 0. The molecule has 1 aromatic carbocycles. The first-order chi connectivity index (χ1) is 8.07. The molecule has 0 fully saturated rings. The Morgan fingerprint density at radius 2 is 2.00 bits per heavy atom. The van der Waals surface area contributed by atoms with Crippen LogP contribution in [-0.2, 0) is 6.42 Å². The van der Waals surface area contributed by atoms with Crippen LogP contribution >= 0.6 is 27.3 Å². The Bertz CT molecular complexity index is 500. The lowest BCUT2D eigenvalue weighted by molar-refractivity contribution is 0.259. The third kappa shape index (κ3) is 2.58. The minimum absolute atomic E-state index is 0.337. The van der Waals surface area contributed by atoms with E-state index in [2.05, 4.69) is 66.3 Å². The molecule has 2 rings (SSSR count). The van der Waals surface area contributed by atoms with Gasteiger partial charge in [-0.3, -0.25) is 0 Å². The number of thiophene rings is 1. The van der Waals surface area contributed by atoms with E-state index in [0.29, 0.717) is 11.3 Å². The Hall–Kier alpha value is -0.340. The van der Waals surface area contributed by atoms with Crippen LogP contribution in [0.5, 0.6) is 0 Å². The van der Waals surface area contributed by atoms with Gasteiger partial charge in [-0.2, -0.15) is 0 Å². The van der Waals surface area contributed by atoms with Crippen LogP contribution in [0.3, 0.4) is 0 Å². The Kier molecular flexibility index (Phi) is 3.94. The molecule has 1 unspecified atom stereocenters. The standard InChI is InChI=1S/C15H19BrS/c1-11(2)15(3,10-16)8-12-9-17-14-7-5-4-6-13(12)14/h4-7,9,11H,8,10H2,1-3H3. The van der Waals surface area contributed by atoms with Crippen molar-refractivity contribution in [3.8, 4) is 0 Å². The summed E-state index contributed by atoms with van der Waals surface area (Å²) in [6.45, 7) is 7.00. The summed E-state index contributed by atoms with van der Waals surface area (Å²) in [6, 6.07) is 8.72. The highest BCUT2D eigenvalue weighted by Crippen LogP contribution is 2.37. The first-order valence-corrected chi connectivity index (χ1v) is 8.08. The fraction of sp³-hybridized carbons (Fsp3) is 0.467. The van der Waals surface area contributed by atoms with Crippen molar-refractivity contribution in [3.05, 3.63) is 35.2 Å². The molecule has 0 spiro atoms. The van der Waals surface area contributed by atoms with Gasteiger partial charge in [0, 0.05) is 10.0 Å². The number of fused-ring (bicyclic) bond motifs is 1. The smallest absolute Gasteiger partial charge is 0.0345 e. The molecule has 0 bridgehead atoms. The molecular weight excluding hydrogens is 292 g/mol. The molecule has 0 aliphatic heterocycles. The second kappa shape index (κ2) is 5.11. The number of alkyl halides is 1. The van der Waals surface area contributed by atoms with Crippen molar-refractivity contribution >= 4 is 37.4 Å². The minimum Gasteiger partial charge on any atom is -0.144 e. The maximum Gasteiger partial charge on any atom is 0.0345 e. The van der Waals surface area contributed by atoms with E-state index < -0.39 is 0 Å². The van der Waals surface area contributed by atoms with Crippen LogP contribution in [0, 0.1) is 11.3 Å². The van der Waals surface area contributed by atoms with Crippen molar-refractivity contribution in [1.29, 1.82) is 0 Å². The van der Waals surface area contributed by atoms with Gasteiger partial charge in [0.2, 0.25) is 0 Å². The fourth-order valence-electron chi connectivity index (χ4n) is 2.01. The third-order valence-corrected chi connectivity index (χ3v) is 6.15. The van der Waals surface area contributed by atoms with Crippen molar-refractivity contribution in [2.75, 3.05) is 5.33 Å². The SMILES string of the molecule is CC(C)C(C)(CBr)Cc1csc2ccccc12. The van der Waals surface area contributed by atoms with Crippen LogP contribution in [0.25, 0.3) is 10.1 Å². The zero-order chi connectivity index (χ0) is 12.5. The van der Waals surface area contributed by atoms with Gasteiger partial charge in [0.1, 0.15) is 0 Å². The molecule has 0 nitrogen and oxygen atoms in total. The summed E-state index contributed by atoms with van der Waals surface area (Å²) in [4.78, 5) is 0. The summed E-state index contributed by atoms with van der Waals surface area (Å²) in [5.74, 6) is 0.681. The first-order valence-electron chi connectivity index (χ1n) is 6.08. The lowest BCUT2D eigenvalue weighted by atomic mass is 9.76. The normalized spacial score (nSPS) is 15.4. The number of halogens is 1. The van der Waals surface area contributed by atoms with Crippen molar-refractivity contribution in [2.24, 2.45) is 11.3 Å². The van der Waals surface area contributed by atoms with Crippen LogP contribution in [0.2, 0.25) is 0 Å². The molecule has 1 heterocycles. The van der Waals surface area contributed by atoms with Gasteiger partial charge >= 0.3 is 0 Å². The predicted octanol–water partition coefficient (Wildman–Crippen LogP) is 5.50. The molecule has 2 aromatic rings. The highest BCUT2D eigenvalue weighted by molar-refractivity contribution is 9.09. The topological polar surface area (TPSA) is 0 Å². The lowest BCUT2D eigenvalue weighted by Gasteiger charge is -2.31. The molecule has 0 saturated heterocycles. The summed E-state index contributed by atoms with van der Waals surface area (Å²) in [5, 5.41) is 4.82. The monoisotopic (exact) mass is 310 g/mol. The summed E-state index contributed by atoms with van der Waals surface area (Å²) in [6.07, 6.45) is 1.15. The van der Waals surface area contributed by atoms with Gasteiger partial charge in [-0.05, 0) is 40.1 Å². The van der Waals surface area contributed by atoms with Gasteiger partial charge in [0.15, 0.2) is 0 Å². The van der Waals surface area contributed by atoms with Crippen LogP contribution in [0.15, 0.2) is 29.6 Å². The van der Waals surface area contributed by atoms with Gasteiger partial charge in [0.05, 0.1) is 0 Å². The molecule has 2 heteroatoms. The van der Waals surface area contributed by atoms with E-state index in [0.717, 1.165) is 11.8 Å². The lowest BCUT2D eigenvalue weighted by Crippen LogP contribution is -2.27. The largest absolute Gasteiger partial charge is 0.144 e. The van der Waals surface area contributed by atoms with Gasteiger partial charge in [-0.25, -0.2) is 0 Å². The minimum atomic E-state index is 0.337. The molecule has 0 amide bonds. The molecule has 0 saturated carbocycles. The molecule has 1 aromatic heterocycles. The van der Waals surface area contributed by atoms with Crippen LogP contribution in [-0.4, -0.2) is 5.33 Å². The second-order valence-corrected chi connectivity index (χ2v) is 6.85. The van der Waals surface area contributed by atoms with Crippen molar-refractivity contribution < 1.29 is 0 Å². The fourth-order valence-corrected chi connectivity index (χ4v) is 3.82. The predicted molar refractivity (Wildman–Crippen MR) is 82.3 cm³/mol. The average molecular weight is 311 g/mol. The molecule has 0 aliphatic carbocycles. The molecule has 0 aliphatic rings. The first kappa shape index (κ1) is 13.1. The summed E-state index contributed by atoms with van der Waals surface area (Å²) in [7, 11) is 0. The molecule has 0 N–H and O–H groups in total. The molecule has 92 valence electrons. The van der Waals surface area contributed by atoms with E-state index in [1.165, 1.54) is 15.6 Å². The van der Waals surface area contributed by atoms with Gasteiger partial charge < -0.3 is 0 Å². The number of hydrogen-bond acceptors (Lipinski definition) is 1. The van der Waals surface area contributed by atoms with Crippen molar-refractivity contribution in [1.82, 2.24) is 0 Å². The van der Waals surface area contributed by atoms with Gasteiger partial charge in [-0.15, -0.1) is 11.3 Å². The van der Waals surface area contributed by atoms with Gasteiger partial charge in [-0.1, -0.05) is 54.9 Å². The van der Waals surface area contributed by atoms with Crippen molar-refractivity contribution in [3.63, 3.8) is 0 Å². The van der Waals surface area contributed by atoms with Crippen LogP contribution < -0.4 is 0 Å². The van der Waals surface area contributed by atoms with E-state index >= 15 is 0 Å². The van der Waals surface area contributed by atoms with Crippen molar-refractivity contribution in [2.45, 2.75) is 27.2 Å². The highest BCUT2D eigenvalue weighted by Gasteiger charge is 2.28. The van der Waals surface area contributed by atoms with Crippen LogP contribution in [0.4, 0.5) is 0 Å². The zero-order valence-electron chi connectivity index (χ0n) is 10.7. The number of benzene rings is 1. The number of rotatable bonds is 4. The van der Waals surface area contributed by atoms with E-state index in [1.54, 1.807) is 0 Å². The average Bonchev–Trinajstić information content (AvgIpc) is 2.72. The summed E-state index contributed by atoms with van der Waals surface area (Å²) in [5.41, 5.74) is 1.84. The maximum absolute atomic E-state index is 3.69.